The molecule has 27 heavy (non-hydrogen) atoms. The van der Waals surface area contributed by atoms with Gasteiger partial charge in [0.1, 0.15) is 5.60 Å². The van der Waals surface area contributed by atoms with Gasteiger partial charge < -0.3 is 9.47 Å². The van der Waals surface area contributed by atoms with Crippen LogP contribution >= 0.6 is 0 Å². The summed E-state index contributed by atoms with van der Waals surface area (Å²) >= 11 is 0. The van der Waals surface area contributed by atoms with Crippen molar-refractivity contribution in [3.05, 3.63) is 0 Å². The Morgan fingerprint density at radius 1 is 1.19 bits per heavy atom. The minimum atomic E-state index is -5.97. The molecule has 3 aliphatic carbocycles. The van der Waals surface area contributed by atoms with Gasteiger partial charge in [0.25, 0.3) is 0 Å². The lowest BCUT2D eigenvalue weighted by atomic mass is 9.52. The maximum Gasteiger partial charge on any atom is 0.465 e. The molecule has 7 nitrogen and oxygen atoms in total. The van der Waals surface area contributed by atoms with E-state index in [1.54, 1.807) is 0 Å². The molecule has 10 heteroatoms. The smallest absolute Gasteiger partial charge is 0.456 e. The molecule has 0 aromatic rings. The van der Waals surface area contributed by atoms with Crippen LogP contribution in [0.4, 0.5) is 8.78 Å². The van der Waals surface area contributed by atoms with Crippen LogP contribution < -0.4 is 0 Å². The van der Waals surface area contributed by atoms with Crippen molar-refractivity contribution in [2.75, 3.05) is 6.61 Å². The van der Waals surface area contributed by atoms with Crippen molar-refractivity contribution in [3.63, 3.8) is 0 Å². The highest BCUT2D eigenvalue weighted by molar-refractivity contribution is 7.87. The molecule has 0 aliphatic heterocycles. The van der Waals surface area contributed by atoms with E-state index in [0.29, 0.717) is 30.6 Å². The van der Waals surface area contributed by atoms with Gasteiger partial charge in [0, 0.05) is 0 Å². The summed E-state index contributed by atoms with van der Waals surface area (Å²) in [7, 11) is -5.97. The van der Waals surface area contributed by atoms with Crippen LogP contribution in [0.3, 0.4) is 0 Å². The molecule has 3 rings (SSSR count). The molecule has 0 amide bonds. The highest BCUT2D eigenvalue weighted by atomic mass is 32.2. The second-order valence-electron chi connectivity index (χ2n) is 8.03. The highest BCUT2D eigenvalue weighted by Crippen LogP contribution is 2.57. The number of fused-ring (bicyclic) bond motifs is 2. The second kappa shape index (κ2) is 6.95. The molecular weight excluding hydrogens is 386 g/mol. The fraction of sp³-hybridized carbons (Fsp3) is 0.882. The van der Waals surface area contributed by atoms with E-state index in [1.165, 1.54) is 12.8 Å². The van der Waals surface area contributed by atoms with E-state index in [2.05, 4.69) is 4.74 Å². The second-order valence-corrected chi connectivity index (χ2v) is 9.49. The predicted molar refractivity (Wildman–Crippen MR) is 88.2 cm³/mol. The predicted octanol–water partition coefficient (Wildman–Crippen LogP) is 2.55. The van der Waals surface area contributed by atoms with Crippen LogP contribution in [0.1, 0.15) is 51.9 Å². The third-order valence-corrected chi connectivity index (χ3v) is 7.42. The Morgan fingerprint density at radius 3 is 2.52 bits per heavy atom. The summed E-state index contributed by atoms with van der Waals surface area (Å²) < 4.78 is 65.5. The van der Waals surface area contributed by atoms with Gasteiger partial charge in [0.05, 0.1) is 0 Å². The molecule has 3 aliphatic rings. The summed E-state index contributed by atoms with van der Waals surface area (Å²) in [5.41, 5.74) is -0.699. The molecule has 1 N–H and O–H groups in total. The maximum absolute atomic E-state index is 13.2. The first-order valence-corrected chi connectivity index (χ1v) is 10.7. The molecule has 3 fully saturated rings. The Bertz CT molecular complexity index is 721. The van der Waals surface area contributed by atoms with Gasteiger partial charge in [-0.3, -0.25) is 4.55 Å². The van der Waals surface area contributed by atoms with E-state index in [9.17, 15) is 26.8 Å². The molecule has 0 heterocycles. The molecule has 0 spiro atoms. The third-order valence-electron chi connectivity index (χ3n) is 6.60. The van der Waals surface area contributed by atoms with E-state index in [-0.39, 0.29) is 5.92 Å². The normalized spacial score (nSPS) is 35.6. The Hall–Kier alpha value is -1.29. The summed E-state index contributed by atoms with van der Waals surface area (Å²) in [6.07, 6.45) is 6.73. The zero-order valence-corrected chi connectivity index (χ0v) is 15.8. The number of carbonyl (C=O) groups is 2. The molecule has 3 bridgehead atoms. The SMILES string of the molecule is CCC1(OC(=O)COC(=O)C(F)(F)S(=O)(=O)O)CC2CCC3CC2CC1C3. The summed E-state index contributed by atoms with van der Waals surface area (Å²) in [6, 6.07) is 0. The van der Waals surface area contributed by atoms with Crippen molar-refractivity contribution in [3.8, 4) is 0 Å². The van der Waals surface area contributed by atoms with Crippen molar-refractivity contribution in [2.45, 2.75) is 62.7 Å². The molecule has 0 aromatic carbocycles. The topological polar surface area (TPSA) is 107 Å². The van der Waals surface area contributed by atoms with Gasteiger partial charge in [-0.1, -0.05) is 13.3 Å². The van der Waals surface area contributed by atoms with Crippen LogP contribution in [0.15, 0.2) is 0 Å². The largest absolute Gasteiger partial charge is 0.465 e. The van der Waals surface area contributed by atoms with Crippen molar-refractivity contribution < 1.29 is 40.8 Å². The number of halogens is 2. The number of rotatable bonds is 6. The van der Waals surface area contributed by atoms with Crippen LogP contribution in [-0.2, 0) is 29.2 Å². The Morgan fingerprint density at radius 2 is 1.89 bits per heavy atom. The first-order valence-electron chi connectivity index (χ1n) is 9.22. The summed E-state index contributed by atoms with van der Waals surface area (Å²) in [4.78, 5) is 23.4. The first kappa shape index (κ1) is 20.4. The van der Waals surface area contributed by atoms with Gasteiger partial charge in [-0.05, 0) is 62.2 Å². The van der Waals surface area contributed by atoms with Crippen molar-refractivity contribution in [1.82, 2.24) is 0 Å². The molecule has 0 aromatic heterocycles. The number of hydrogen-bond acceptors (Lipinski definition) is 6. The quantitative estimate of drug-likeness (QED) is 0.530. The van der Waals surface area contributed by atoms with Crippen LogP contribution in [0.5, 0.6) is 0 Å². The summed E-state index contributed by atoms with van der Waals surface area (Å²) in [5.74, 6) is -1.56. The Labute approximate surface area is 156 Å². The number of carbonyl (C=O) groups excluding carboxylic acids is 2. The van der Waals surface area contributed by atoms with Gasteiger partial charge in [0.2, 0.25) is 0 Å². The maximum atomic E-state index is 13.2. The number of alkyl halides is 2. The first-order chi connectivity index (χ1) is 12.5. The van der Waals surface area contributed by atoms with Gasteiger partial charge in [0.15, 0.2) is 6.61 Å². The van der Waals surface area contributed by atoms with Crippen LogP contribution in [0.25, 0.3) is 0 Å². The van der Waals surface area contributed by atoms with Crippen molar-refractivity contribution >= 4 is 22.1 Å². The van der Waals surface area contributed by atoms with Gasteiger partial charge in [-0.25, -0.2) is 9.59 Å². The zero-order valence-electron chi connectivity index (χ0n) is 15.0. The van der Waals surface area contributed by atoms with Crippen LogP contribution in [0.2, 0.25) is 0 Å². The van der Waals surface area contributed by atoms with Gasteiger partial charge >= 0.3 is 27.3 Å². The molecule has 154 valence electrons. The molecule has 3 saturated carbocycles. The fourth-order valence-electron chi connectivity index (χ4n) is 5.30. The molecule has 5 unspecified atom stereocenters. The highest BCUT2D eigenvalue weighted by Gasteiger charge is 2.56. The lowest BCUT2D eigenvalue weighted by Crippen LogP contribution is -2.54. The van der Waals surface area contributed by atoms with Gasteiger partial charge in [-0.2, -0.15) is 17.2 Å². The summed E-state index contributed by atoms with van der Waals surface area (Å²) in [6.45, 7) is 0.782. The van der Waals surface area contributed by atoms with Crippen molar-refractivity contribution in [2.24, 2.45) is 23.7 Å². The average molecular weight is 410 g/mol. The number of hydrogen-bond donors (Lipinski definition) is 1. The third kappa shape index (κ3) is 3.70. The van der Waals surface area contributed by atoms with Crippen LogP contribution in [-0.4, -0.2) is 42.4 Å². The lowest BCUT2D eigenvalue weighted by molar-refractivity contribution is -0.196. The number of ether oxygens (including phenoxy) is 2. The van der Waals surface area contributed by atoms with E-state index in [1.807, 2.05) is 6.92 Å². The fourth-order valence-corrected chi connectivity index (χ4v) is 5.57. The lowest BCUT2D eigenvalue weighted by Gasteiger charge is -2.56. The minimum Gasteiger partial charge on any atom is -0.456 e. The number of esters is 2. The van der Waals surface area contributed by atoms with E-state index < -0.39 is 39.5 Å². The van der Waals surface area contributed by atoms with Crippen LogP contribution in [0, 0.1) is 23.7 Å². The van der Waals surface area contributed by atoms with E-state index in [4.69, 9.17) is 9.29 Å². The molecular formula is C17H24F2O7S. The summed E-state index contributed by atoms with van der Waals surface area (Å²) in [5, 5.41) is -5.13. The zero-order chi connectivity index (χ0) is 20.0. The molecule has 0 radical (unpaired) electrons. The molecule has 0 saturated heterocycles. The van der Waals surface area contributed by atoms with Crippen molar-refractivity contribution in [1.29, 1.82) is 0 Å². The molecule has 5 atom stereocenters. The van der Waals surface area contributed by atoms with E-state index in [0.717, 1.165) is 19.3 Å². The standard InChI is InChI=1S/C17H24F2O7S/c1-2-16(8-11-4-3-10-5-12(11)7-13(16)6-10)26-14(20)9-25-15(21)17(18,19)27(22,23)24/h10-13H,2-9H2,1H3,(H,22,23,24). The van der Waals surface area contributed by atoms with E-state index >= 15 is 0 Å². The Kier molecular flexibility index (Phi) is 5.26. The Balaban J connectivity index is 1.64. The minimum absolute atomic E-state index is 0.196. The monoisotopic (exact) mass is 410 g/mol. The average Bonchev–Trinajstić information content (AvgIpc) is 2.59. The van der Waals surface area contributed by atoms with Gasteiger partial charge in [-0.15, -0.1) is 0 Å².